The molecule has 1 aromatic carbocycles. The van der Waals surface area contributed by atoms with Crippen LogP contribution in [0, 0.1) is 0 Å². The Bertz CT molecular complexity index is 1110. The summed E-state index contributed by atoms with van der Waals surface area (Å²) < 4.78 is 23.7. The van der Waals surface area contributed by atoms with E-state index in [1.165, 1.54) is 0 Å². The molecule has 0 aliphatic carbocycles. The number of hydrogen-bond acceptors (Lipinski definition) is 7. The number of aromatic nitrogens is 4. The van der Waals surface area contributed by atoms with Crippen LogP contribution in [0.3, 0.4) is 0 Å². The second kappa shape index (κ2) is 9.82. The molecule has 1 aliphatic rings. The summed E-state index contributed by atoms with van der Waals surface area (Å²) in [4.78, 5) is 26.5. The fraction of sp³-hybridized carbons (Fsp3) is 0.450. The molecule has 0 bridgehead atoms. The van der Waals surface area contributed by atoms with Gasteiger partial charge in [0.2, 0.25) is 5.28 Å². The van der Waals surface area contributed by atoms with Crippen molar-refractivity contribution in [2.45, 2.75) is 44.6 Å². The maximum Gasteiger partial charge on any atom is 0.350 e. The summed E-state index contributed by atoms with van der Waals surface area (Å²) in [6, 6.07) is 10.0. The van der Waals surface area contributed by atoms with Crippen molar-refractivity contribution < 1.29 is 23.8 Å². The van der Waals surface area contributed by atoms with Crippen LogP contribution in [-0.4, -0.2) is 54.7 Å². The number of benzene rings is 1. The zero-order valence-corrected chi connectivity index (χ0v) is 19.1. The Labute approximate surface area is 190 Å². The van der Waals surface area contributed by atoms with Gasteiger partial charge in [0.15, 0.2) is 5.65 Å². The molecule has 4 rings (SSSR count). The van der Waals surface area contributed by atoms with Gasteiger partial charge in [-0.1, -0.05) is 30.3 Å². The third kappa shape index (κ3) is 5.83. The minimum atomic E-state index is -4.18. The van der Waals surface area contributed by atoms with E-state index in [0.717, 1.165) is 23.8 Å². The van der Waals surface area contributed by atoms with Crippen LogP contribution < -0.4 is 5.32 Å². The van der Waals surface area contributed by atoms with Gasteiger partial charge in [-0.2, -0.15) is 15.1 Å². The maximum absolute atomic E-state index is 10.9. The molecule has 1 aliphatic heterocycles. The van der Waals surface area contributed by atoms with Gasteiger partial charge in [0.05, 0.1) is 36.9 Å². The van der Waals surface area contributed by atoms with Crippen LogP contribution >= 0.6 is 19.2 Å². The van der Waals surface area contributed by atoms with Crippen molar-refractivity contribution in [2.75, 3.05) is 18.3 Å². The number of anilines is 1. The maximum atomic E-state index is 10.9. The number of nitrogens with zero attached hydrogens (tertiary/aromatic N) is 4. The summed E-state index contributed by atoms with van der Waals surface area (Å²) >= 11 is 6.20. The molecule has 172 valence electrons. The second-order valence-electron chi connectivity index (χ2n) is 7.80. The van der Waals surface area contributed by atoms with Crippen LogP contribution in [0.2, 0.25) is 5.28 Å². The first-order valence-corrected chi connectivity index (χ1v) is 12.4. The molecular formula is C20H25ClN5O5P. The lowest BCUT2D eigenvalue weighted by atomic mass is 10.1. The summed E-state index contributed by atoms with van der Waals surface area (Å²) in [7, 11) is -4.18. The molecule has 0 saturated carbocycles. The lowest BCUT2D eigenvalue weighted by Gasteiger charge is -2.16. The van der Waals surface area contributed by atoms with Crippen molar-refractivity contribution >= 4 is 36.0 Å². The molecule has 0 radical (unpaired) electrons. The molecule has 10 nitrogen and oxygen atoms in total. The van der Waals surface area contributed by atoms with Gasteiger partial charge in [-0.05, 0) is 36.9 Å². The second-order valence-corrected chi connectivity index (χ2v) is 9.73. The average molecular weight is 482 g/mol. The largest absolute Gasteiger partial charge is 0.371 e. The normalized spacial score (nSPS) is 20.0. The number of halogens is 1. The van der Waals surface area contributed by atoms with E-state index in [1.54, 1.807) is 10.9 Å². The van der Waals surface area contributed by atoms with Gasteiger partial charge < -0.3 is 24.6 Å². The van der Waals surface area contributed by atoms with Gasteiger partial charge >= 0.3 is 7.60 Å². The van der Waals surface area contributed by atoms with Crippen LogP contribution in [0.4, 0.5) is 5.82 Å². The molecule has 3 heterocycles. The average Bonchev–Trinajstić information content (AvgIpc) is 3.35. The first kappa shape index (κ1) is 23.1. The molecule has 32 heavy (non-hydrogen) atoms. The van der Waals surface area contributed by atoms with E-state index in [1.807, 2.05) is 37.3 Å². The highest BCUT2D eigenvalue weighted by Crippen LogP contribution is 2.34. The number of nitrogens with one attached hydrogen (secondary N) is 1. The molecule has 1 saturated heterocycles. The summed E-state index contributed by atoms with van der Waals surface area (Å²) in [5, 5.41) is 8.74. The van der Waals surface area contributed by atoms with Gasteiger partial charge in [0.1, 0.15) is 12.2 Å². The quantitative estimate of drug-likeness (QED) is 0.311. The van der Waals surface area contributed by atoms with E-state index in [4.69, 9.17) is 30.9 Å². The third-order valence-electron chi connectivity index (χ3n) is 5.26. The Morgan fingerprint density at radius 1 is 1.28 bits per heavy atom. The van der Waals surface area contributed by atoms with Crippen molar-refractivity contribution in [1.82, 2.24) is 19.7 Å². The first-order chi connectivity index (χ1) is 15.3. The van der Waals surface area contributed by atoms with Crippen LogP contribution in [0.15, 0.2) is 36.5 Å². The number of fused-ring (bicyclic) bond motifs is 1. The standard InChI is InChI=1S/C20H25ClN5O5P/c1-13(14-5-3-2-4-6-14)23-18-17-9-22-26(19(17)25-20(21)24-18)10-15-7-8-16(31-15)11-30-12-32(27,28)29/h2-6,9,13,15-16H,7-8,10-12H2,1H3,(H,23,24,25)(H2,27,28,29)/t13-,15-,16-/m0/s1. The highest BCUT2D eigenvalue weighted by atomic mass is 35.5. The van der Waals surface area contributed by atoms with Gasteiger partial charge in [0, 0.05) is 6.04 Å². The summed E-state index contributed by atoms with van der Waals surface area (Å²) in [5.41, 5.74) is 1.73. The molecule has 0 spiro atoms. The summed E-state index contributed by atoms with van der Waals surface area (Å²) in [6.07, 6.45) is 2.29. The molecule has 3 N–H and O–H groups in total. The van der Waals surface area contributed by atoms with E-state index in [-0.39, 0.29) is 30.1 Å². The van der Waals surface area contributed by atoms with Crippen molar-refractivity contribution in [3.8, 4) is 0 Å². The van der Waals surface area contributed by atoms with Gasteiger partial charge in [-0.15, -0.1) is 0 Å². The molecule has 1 fully saturated rings. The number of rotatable bonds is 9. The van der Waals surface area contributed by atoms with Crippen LogP contribution in [0.1, 0.15) is 31.4 Å². The molecular weight excluding hydrogens is 457 g/mol. The zero-order valence-electron chi connectivity index (χ0n) is 17.5. The Balaban J connectivity index is 1.43. The minimum absolute atomic E-state index is 0.0146. The SMILES string of the molecule is C[C@H](Nc1nc(Cl)nc2c1cnn2C[C@@H]1CC[C@@H](COCP(=O)(O)O)O1)c1ccccc1. The van der Waals surface area contributed by atoms with E-state index in [0.29, 0.717) is 18.0 Å². The van der Waals surface area contributed by atoms with Crippen molar-refractivity contribution in [3.63, 3.8) is 0 Å². The lowest BCUT2D eigenvalue weighted by Crippen LogP contribution is -2.21. The topological polar surface area (TPSA) is 132 Å². The Morgan fingerprint density at radius 2 is 2.03 bits per heavy atom. The third-order valence-corrected chi connectivity index (χ3v) is 5.94. The fourth-order valence-electron chi connectivity index (χ4n) is 3.74. The minimum Gasteiger partial charge on any atom is -0.371 e. The van der Waals surface area contributed by atoms with E-state index in [2.05, 4.69) is 20.4 Å². The van der Waals surface area contributed by atoms with E-state index >= 15 is 0 Å². The Hall–Kier alpha value is -2.07. The Morgan fingerprint density at radius 3 is 2.78 bits per heavy atom. The molecule has 0 amide bonds. The lowest BCUT2D eigenvalue weighted by molar-refractivity contribution is -0.0136. The highest BCUT2D eigenvalue weighted by molar-refractivity contribution is 7.51. The van der Waals surface area contributed by atoms with Gasteiger partial charge in [-0.3, -0.25) is 4.57 Å². The zero-order chi connectivity index (χ0) is 22.7. The van der Waals surface area contributed by atoms with Crippen molar-refractivity contribution in [1.29, 1.82) is 0 Å². The van der Waals surface area contributed by atoms with E-state index in [9.17, 15) is 4.57 Å². The van der Waals surface area contributed by atoms with Crippen molar-refractivity contribution in [3.05, 3.63) is 47.4 Å². The summed E-state index contributed by atoms with van der Waals surface area (Å²) in [5.74, 6) is 0.610. The number of ether oxygens (including phenoxy) is 2. The first-order valence-electron chi connectivity index (χ1n) is 10.3. The Kier molecular flexibility index (Phi) is 7.09. The van der Waals surface area contributed by atoms with Gasteiger partial charge in [0.25, 0.3) is 0 Å². The van der Waals surface area contributed by atoms with Crippen molar-refractivity contribution in [2.24, 2.45) is 0 Å². The fourth-order valence-corrected chi connectivity index (χ4v) is 4.24. The monoisotopic (exact) mass is 481 g/mol. The predicted octanol–water partition coefficient (Wildman–Crippen LogP) is 3.35. The molecule has 2 aromatic heterocycles. The molecule has 12 heteroatoms. The molecule has 3 aromatic rings. The van der Waals surface area contributed by atoms with Crippen LogP contribution in [0.25, 0.3) is 11.0 Å². The van der Waals surface area contributed by atoms with Gasteiger partial charge in [-0.25, -0.2) is 4.68 Å². The predicted molar refractivity (Wildman–Crippen MR) is 120 cm³/mol. The smallest absolute Gasteiger partial charge is 0.350 e. The summed E-state index contributed by atoms with van der Waals surface area (Å²) in [6.45, 7) is 2.66. The van der Waals surface area contributed by atoms with Crippen LogP contribution in [0.5, 0.6) is 0 Å². The van der Waals surface area contributed by atoms with E-state index < -0.39 is 13.9 Å². The molecule has 0 unspecified atom stereocenters. The van der Waals surface area contributed by atoms with Crippen LogP contribution in [-0.2, 0) is 20.6 Å². The molecule has 3 atom stereocenters. The highest BCUT2D eigenvalue weighted by Gasteiger charge is 2.28. The number of hydrogen-bond donors (Lipinski definition) is 3.